The van der Waals surface area contributed by atoms with Gasteiger partial charge in [0.05, 0.1) is 25.8 Å². The second kappa shape index (κ2) is 9.06. The average Bonchev–Trinajstić information content (AvgIpc) is 3.10. The quantitative estimate of drug-likeness (QED) is 0.322. The van der Waals surface area contributed by atoms with Crippen LogP contribution in [0.5, 0.6) is 11.5 Å². The van der Waals surface area contributed by atoms with E-state index in [1.54, 1.807) is 37.4 Å². The van der Waals surface area contributed by atoms with Crippen LogP contribution in [-0.4, -0.2) is 31.0 Å². The highest BCUT2D eigenvalue weighted by molar-refractivity contribution is 6.51. The number of ether oxygens (including phenoxy) is 2. The van der Waals surface area contributed by atoms with E-state index < -0.39 is 17.7 Å². The molecule has 174 valence electrons. The maximum absolute atomic E-state index is 13.4. The van der Waals surface area contributed by atoms with Crippen LogP contribution in [0.2, 0.25) is 0 Å². The molecule has 1 aliphatic rings. The molecular weight excluding hydrogens is 430 g/mol. The van der Waals surface area contributed by atoms with Crippen LogP contribution in [0.1, 0.15) is 33.9 Å². The first kappa shape index (κ1) is 23.1. The monoisotopic (exact) mass is 457 g/mol. The lowest BCUT2D eigenvalue weighted by Crippen LogP contribution is -2.30. The molecule has 0 bridgehead atoms. The summed E-state index contributed by atoms with van der Waals surface area (Å²) >= 11 is 0. The highest BCUT2D eigenvalue weighted by Crippen LogP contribution is 2.46. The van der Waals surface area contributed by atoms with Crippen molar-refractivity contribution in [1.82, 2.24) is 0 Å². The van der Waals surface area contributed by atoms with E-state index in [4.69, 9.17) is 9.47 Å². The number of para-hydroxylation sites is 2. The van der Waals surface area contributed by atoms with E-state index in [2.05, 4.69) is 0 Å². The summed E-state index contributed by atoms with van der Waals surface area (Å²) in [5, 5.41) is 11.5. The van der Waals surface area contributed by atoms with Gasteiger partial charge in [-0.15, -0.1) is 0 Å². The van der Waals surface area contributed by atoms with Crippen LogP contribution in [-0.2, 0) is 9.59 Å². The summed E-state index contributed by atoms with van der Waals surface area (Å²) < 4.78 is 11.0. The summed E-state index contributed by atoms with van der Waals surface area (Å²) in [6.07, 6.45) is 0. The molecule has 1 N–H and O–H groups in total. The number of carbonyl (C=O) groups is 2. The molecule has 3 aromatic carbocycles. The Labute approximate surface area is 199 Å². The SMILES string of the molecule is COc1cc(C)c(/C(O)=C2\C(=O)C(=O)N(c3ccccc3C)C2c2ccccc2OC)cc1C. The predicted octanol–water partition coefficient (Wildman–Crippen LogP) is 5.26. The minimum atomic E-state index is -0.862. The number of ketones is 1. The highest BCUT2D eigenvalue weighted by Gasteiger charge is 2.48. The first-order chi connectivity index (χ1) is 16.3. The third-order valence-corrected chi connectivity index (χ3v) is 6.25. The fraction of sp³-hybridized carbons (Fsp3) is 0.214. The molecule has 1 heterocycles. The third-order valence-electron chi connectivity index (χ3n) is 6.25. The number of benzene rings is 3. The van der Waals surface area contributed by atoms with Crippen LogP contribution < -0.4 is 14.4 Å². The minimum absolute atomic E-state index is 0.0189. The zero-order valence-corrected chi connectivity index (χ0v) is 19.9. The molecular formula is C28H27NO5. The number of anilines is 1. The second-order valence-electron chi connectivity index (χ2n) is 8.33. The summed E-state index contributed by atoms with van der Waals surface area (Å²) in [4.78, 5) is 28.3. The van der Waals surface area contributed by atoms with Crippen molar-refractivity contribution in [3.8, 4) is 11.5 Å². The molecule has 3 aromatic rings. The molecule has 0 aromatic heterocycles. The normalized spacial score (nSPS) is 17.2. The Bertz CT molecular complexity index is 1320. The molecule has 0 saturated carbocycles. The van der Waals surface area contributed by atoms with Crippen molar-refractivity contribution < 1.29 is 24.2 Å². The first-order valence-corrected chi connectivity index (χ1v) is 10.9. The fourth-order valence-corrected chi connectivity index (χ4v) is 4.51. The standard InChI is InChI=1S/C28H27NO5/c1-16-10-6-8-12-21(16)29-25(19-11-7-9-13-22(19)33-4)24(27(31)28(29)32)26(30)20-14-18(3)23(34-5)15-17(20)2/h6-15,25,30H,1-5H3/b26-24+. The number of rotatable bonds is 5. The van der Waals surface area contributed by atoms with Gasteiger partial charge in [0, 0.05) is 16.8 Å². The van der Waals surface area contributed by atoms with Crippen LogP contribution in [0.15, 0.2) is 66.2 Å². The number of methoxy groups -OCH3 is 2. The van der Waals surface area contributed by atoms with Crippen molar-refractivity contribution >= 4 is 23.1 Å². The van der Waals surface area contributed by atoms with E-state index in [0.717, 1.165) is 16.7 Å². The Kier molecular flexibility index (Phi) is 6.16. The van der Waals surface area contributed by atoms with Crippen molar-refractivity contribution in [3.05, 3.63) is 94.1 Å². The topological polar surface area (TPSA) is 76.1 Å². The summed E-state index contributed by atoms with van der Waals surface area (Å²) in [5.41, 5.74) is 4.06. The molecule has 1 unspecified atom stereocenters. The number of aliphatic hydroxyl groups is 1. The van der Waals surface area contributed by atoms with Gasteiger partial charge >= 0.3 is 0 Å². The van der Waals surface area contributed by atoms with Gasteiger partial charge in [0.25, 0.3) is 11.7 Å². The van der Waals surface area contributed by atoms with Gasteiger partial charge in [-0.2, -0.15) is 0 Å². The number of amides is 1. The van der Waals surface area contributed by atoms with E-state index in [1.165, 1.54) is 12.0 Å². The highest BCUT2D eigenvalue weighted by atomic mass is 16.5. The maximum Gasteiger partial charge on any atom is 0.300 e. The molecule has 4 rings (SSSR count). The van der Waals surface area contributed by atoms with Gasteiger partial charge in [-0.1, -0.05) is 36.4 Å². The zero-order chi connectivity index (χ0) is 24.6. The Morgan fingerprint density at radius 1 is 0.824 bits per heavy atom. The molecule has 34 heavy (non-hydrogen) atoms. The van der Waals surface area contributed by atoms with Crippen LogP contribution in [0, 0.1) is 20.8 Å². The van der Waals surface area contributed by atoms with Crippen molar-refractivity contribution in [1.29, 1.82) is 0 Å². The first-order valence-electron chi connectivity index (χ1n) is 10.9. The molecule has 1 fully saturated rings. The fourth-order valence-electron chi connectivity index (χ4n) is 4.51. The molecule has 0 spiro atoms. The number of carbonyl (C=O) groups excluding carboxylic acids is 2. The zero-order valence-electron chi connectivity index (χ0n) is 19.9. The Morgan fingerprint density at radius 3 is 2.15 bits per heavy atom. The van der Waals surface area contributed by atoms with Crippen molar-refractivity contribution in [2.24, 2.45) is 0 Å². The number of Topliss-reactive ketones (excluding diaryl/α,β-unsaturated/α-hetero) is 1. The maximum atomic E-state index is 13.4. The van der Waals surface area contributed by atoms with Gasteiger partial charge in [-0.05, 0) is 61.7 Å². The average molecular weight is 458 g/mol. The van der Waals surface area contributed by atoms with Gasteiger partial charge in [-0.3, -0.25) is 14.5 Å². The largest absolute Gasteiger partial charge is 0.507 e. The smallest absolute Gasteiger partial charge is 0.300 e. The molecule has 0 aliphatic carbocycles. The number of hydrogen-bond acceptors (Lipinski definition) is 5. The van der Waals surface area contributed by atoms with Crippen LogP contribution in [0.4, 0.5) is 5.69 Å². The van der Waals surface area contributed by atoms with Gasteiger partial charge in [-0.25, -0.2) is 0 Å². The lowest BCUT2D eigenvalue weighted by atomic mass is 9.92. The van der Waals surface area contributed by atoms with Crippen LogP contribution >= 0.6 is 0 Å². The molecule has 6 nitrogen and oxygen atoms in total. The molecule has 0 radical (unpaired) electrons. The van der Waals surface area contributed by atoms with Gasteiger partial charge in [0.1, 0.15) is 17.3 Å². The summed E-state index contributed by atoms with van der Waals surface area (Å²) in [5.74, 6) is -0.482. The Balaban J connectivity index is 2.03. The number of aliphatic hydroxyl groups excluding tert-OH is 1. The third kappa shape index (κ3) is 3.71. The summed E-state index contributed by atoms with van der Waals surface area (Å²) in [6.45, 7) is 5.57. The molecule has 1 aliphatic heterocycles. The summed E-state index contributed by atoms with van der Waals surface area (Å²) in [7, 11) is 3.12. The Hall–Kier alpha value is -4.06. The second-order valence-corrected chi connectivity index (χ2v) is 8.33. The molecule has 1 amide bonds. The van der Waals surface area contributed by atoms with E-state index in [1.807, 2.05) is 51.1 Å². The van der Waals surface area contributed by atoms with E-state index in [-0.39, 0.29) is 11.3 Å². The molecule has 6 heteroatoms. The van der Waals surface area contributed by atoms with E-state index >= 15 is 0 Å². The van der Waals surface area contributed by atoms with E-state index in [0.29, 0.717) is 28.3 Å². The molecule has 1 saturated heterocycles. The van der Waals surface area contributed by atoms with Gasteiger partial charge in [0.15, 0.2) is 0 Å². The number of hydrogen-bond donors (Lipinski definition) is 1. The number of nitrogens with zero attached hydrogens (tertiary/aromatic N) is 1. The van der Waals surface area contributed by atoms with Crippen LogP contribution in [0.25, 0.3) is 5.76 Å². The van der Waals surface area contributed by atoms with Crippen molar-refractivity contribution in [2.75, 3.05) is 19.1 Å². The predicted molar refractivity (Wildman–Crippen MR) is 131 cm³/mol. The van der Waals surface area contributed by atoms with Crippen molar-refractivity contribution in [2.45, 2.75) is 26.8 Å². The van der Waals surface area contributed by atoms with Crippen molar-refractivity contribution in [3.63, 3.8) is 0 Å². The van der Waals surface area contributed by atoms with Crippen LogP contribution in [0.3, 0.4) is 0 Å². The Morgan fingerprint density at radius 2 is 1.47 bits per heavy atom. The lowest BCUT2D eigenvalue weighted by Gasteiger charge is -2.28. The number of aryl methyl sites for hydroxylation is 3. The lowest BCUT2D eigenvalue weighted by molar-refractivity contribution is -0.132. The van der Waals surface area contributed by atoms with E-state index in [9.17, 15) is 14.7 Å². The minimum Gasteiger partial charge on any atom is -0.507 e. The summed E-state index contributed by atoms with van der Waals surface area (Å²) in [6, 6.07) is 17.3. The van der Waals surface area contributed by atoms with Gasteiger partial charge < -0.3 is 14.6 Å². The molecule has 1 atom stereocenters. The van der Waals surface area contributed by atoms with Gasteiger partial charge in [0.2, 0.25) is 0 Å².